The molecule has 0 bridgehead atoms. The van der Waals surface area contributed by atoms with Gasteiger partial charge in [0, 0.05) is 18.7 Å². The lowest BCUT2D eigenvalue weighted by Gasteiger charge is -2.16. The summed E-state index contributed by atoms with van der Waals surface area (Å²) in [6.45, 7) is 10.6. The van der Waals surface area contributed by atoms with Crippen LogP contribution in [-0.2, 0) is 9.59 Å². The Bertz CT molecular complexity index is 959. The number of hydrogen-bond donors (Lipinski definition) is 1. The van der Waals surface area contributed by atoms with Gasteiger partial charge in [0.25, 0.3) is 0 Å². The molecule has 0 aromatic heterocycles. The van der Waals surface area contributed by atoms with Crippen LogP contribution in [0.1, 0.15) is 42.0 Å². The summed E-state index contributed by atoms with van der Waals surface area (Å²) in [7, 11) is 0. The van der Waals surface area contributed by atoms with Gasteiger partial charge in [-0.15, -0.1) is 0 Å². The number of aliphatic imine (C=N–C) groups is 1. The van der Waals surface area contributed by atoms with Gasteiger partial charge in [0.05, 0.1) is 5.69 Å². The number of amidine groups is 1. The van der Waals surface area contributed by atoms with Gasteiger partial charge in [-0.05, 0) is 56.4 Å². The molecule has 0 radical (unpaired) electrons. The summed E-state index contributed by atoms with van der Waals surface area (Å²) in [6, 6.07) is 12.0. The molecule has 0 saturated carbocycles. The average Bonchev–Trinajstić information content (AvgIpc) is 2.97. The number of carbonyl (C=O) groups excluding carboxylic acids is 2. The Morgan fingerprint density at radius 2 is 1.60 bits per heavy atom. The quantitative estimate of drug-likeness (QED) is 0.687. The van der Waals surface area contributed by atoms with Crippen LogP contribution in [0.5, 0.6) is 0 Å². The molecule has 0 aliphatic carbocycles. The third-order valence-corrected chi connectivity index (χ3v) is 6.41. The minimum atomic E-state index is -0.455. The maximum atomic E-state index is 13.0. The van der Waals surface area contributed by atoms with Crippen LogP contribution in [0.25, 0.3) is 0 Å². The van der Waals surface area contributed by atoms with Gasteiger partial charge in [-0.25, -0.2) is 4.99 Å². The smallest absolute Gasteiger partial charge is 0.242 e. The molecule has 158 valence electrons. The molecule has 1 heterocycles. The number of aryl methyl sites for hydroxylation is 4. The maximum absolute atomic E-state index is 13.0. The van der Waals surface area contributed by atoms with Crippen molar-refractivity contribution in [2.24, 2.45) is 4.99 Å². The second kappa shape index (κ2) is 9.47. The monoisotopic (exact) mass is 423 g/mol. The number of benzene rings is 2. The van der Waals surface area contributed by atoms with Crippen molar-refractivity contribution in [1.82, 2.24) is 4.90 Å². The zero-order chi connectivity index (χ0) is 21.8. The first-order valence-electron chi connectivity index (χ1n) is 10.3. The fourth-order valence-electron chi connectivity index (χ4n) is 3.60. The zero-order valence-corrected chi connectivity index (χ0v) is 19.1. The topological polar surface area (TPSA) is 61.8 Å². The van der Waals surface area contributed by atoms with Gasteiger partial charge in [-0.1, -0.05) is 55.1 Å². The molecule has 1 saturated heterocycles. The summed E-state index contributed by atoms with van der Waals surface area (Å²) < 4.78 is 0. The number of nitrogens with zero attached hydrogens (tertiary/aromatic N) is 2. The number of anilines is 1. The predicted molar refractivity (Wildman–Crippen MR) is 126 cm³/mol. The van der Waals surface area contributed by atoms with Crippen LogP contribution in [0.3, 0.4) is 0 Å². The van der Waals surface area contributed by atoms with Crippen molar-refractivity contribution in [2.75, 3.05) is 11.9 Å². The fourth-order valence-corrected chi connectivity index (χ4v) is 4.77. The van der Waals surface area contributed by atoms with Gasteiger partial charge in [0.1, 0.15) is 5.25 Å². The number of amides is 2. The van der Waals surface area contributed by atoms with E-state index in [0.717, 1.165) is 40.0 Å². The lowest BCUT2D eigenvalue weighted by molar-refractivity contribution is -0.128. The van der Waals surface area contributed by atoms with Crippen molar-refractivity contribution in [3.63, 3.8) is 0 Å². The molecule has 1 aliphatic heterocycles. The zero-order valence-electron chi connectivity index (χ0n) is 18.3. The molecule has 1 atom stereocenters. The predicted octanol–water partition coefficient (Wildman–Crippen LogP) is 5.29. The highest BCUT2D eigenvalue weighted by molar-refractivity contribution is 8.15. The molecule has 0 unspecified atom stereocenters. The standard InChI is InChI=1S/C24H29N3O2S/c1-6-13-27-23(29)19(14-20(28)25-21-15(2)9-7-10-16(21)3)30-24(27)26-22-17(4)11-8-12-18(22)5/h7-12,19H,6,13-14H2,1-5H3,(H,25,28)/t19-/m0/s1. The largest absolute Gasteiger partial charge is 0.326 e. The van der Waals surface area contributed by atoms with E-state index in [9.17, 15) is 9.59 Å². The molecule has 2 aromatic rings. The average molecular weight is 424 g/mol. The summed E-state index contributed by atoms with van der Waals surface area (Å²) in [4.78, 5) is 32.3. The van der Waals surface area contributed by atoms with Gasteiger partial charge in [0.2, 0.25) is 11.8 Å². The Labute approximate surface area is 183 Å². The van der Waals surface area contributed by atoms with E-state index in [2.05, 4.69) is 5.32 Å². The van der Waals surface area contributed by atoms with Crippen LogP contribution in [0.15, 0.2) is 41.4 Å². The Balaban J connectivity index is 1.80. The lowest BCUT2D eigenvalue weighted by atomic mass is 10.1. The summed E-state index contributed by atoms with van der Waals surface area (Å²) in [5.41, 5.74) is 5.89. The highest BCUT2D eigenvalue weighted by Crippen LogP contribution is 2.34. The molecule has 1 N–H and O–H groups in total. The number of rotatable bonds is 6. The van der Waals surface area contributed by atoms with Crippen LogP contribution in [0, 0.1) is 27.7 Å². The van der Waals surface area contributed by atoms with E-state index in [1.165, 1.54) is 11.8 Å². The molecule has 2 aromatic carbocycles. The normalized spacial score (nSPS) is 17.6. The van der Waals surface area contributed by atoms with Gasteiger partial charge in [-0.2, -0.15) is 0 Å². The Kier molecular flexibility index (Phi) is 6.98. The first-order valence-corrected chi connectivity index (χ1v) is 11.2. The Morgan fingerprint density at radius 3 is 2.17 bits per heavy atom. The van der Waals surface area contributed by atoms with Crippen LogP contribution >= 0.6 is 11.8 Å². The molecule has 1 aliphatic rings. The van der Waals surface area contributed by atoms with E-state index in [0.29, 0.717) is 11.7 Å². The summed E-state index contributed by atoms with van der Waals surface area (Å²) in [6.07, 6.45) is 0.961. The van der Waals surface area contributed by atoms with E-state index < -0.39 is 5.25 Å². The molecule has 6 heteroatoms. The Hall–Kier alpha value is -2.60. The van der Waals surface area contributed by atoms with Crippen molar-refractivity contribution in [3.8, 4) is 0 Å². The third-order valence-electron chi connectivity index (χ3n) is 5.23. The van der Waals surface area contributed by atoms with Crippen molar-refractivity contribution in [1.29, 1.82) is 0 Å². The van der Waals surface area contributed by atoms with Gasteiger partial charge < -0.3 is 5.32 Å². The minimum absolute atomic E-state index is 0.0384. The minimum Gasteiger partial charge on any atom is -0.326 e. The number of carbonyl (C=O) groups is 2. The molecule has 1 fully saturated rings. The van der Waals surface area contributed by atoms with Crippen LogP contribution in [0.4, 0.5) is 11.4 Å². The van der Waals surface area contributed by atoms with Crippen molar-refractivity contribution < 1.29 is 9.59 Å². The third kappa shape index (κ3) is 4.75. The van der Waals surface area contributed by atoms with E-state index in [1.807, 2.05) is 71.0 Å². The van der Waals surface area contributed by atoms with Crippen molar-refractivity contribution in [3.05, 3.63) is 58.7 Å². The van der Waals surface area contributed by atoms with Crippen molar-refractivity contribution >= 4 is 40.1 Å². The van der Waals surface area contributed by atoms with E-state index in [-0.39, 0.29) is 18.2 Å². The molecular formula is C24H29N3O2S. The number of thioether (sulfide) groups is 1. The highest BCUT2D eigenvalue weighted by Gasteiger charge is 2.38. The van der Waals surface area contributed by atoms with E-state index in [1.54, 1.807) is 4.90 Å². The summed E-state index contributed by atoms with van der Waals surface area (Å²) in [5, 5.41) is 3.22. The highest BCUT2D eigenvalue weighted by atomic mass is 32.2. The van der Waals surface area contributed by atoms with E-state index in [4.69, 9.17) is 4.99 Å². The second-order valence-corrected chi connectivity index (χ2v) is 8.92. The number of para-hydroxylation sites is 2. The van der Waals surface area contributed by atoms with E-state index >= 15 is 0 Å². The van der Waals surface area contributed by atoms with Crippen LogP contribution < -0.4 is 5.32 Å². The summed E-state index contributed by atoms with van der Waals surface area (Å²) in [5.74, 6) is -0.188. The van der Waals surface area contributed by atoms with Crippen molar-refractivity contribution in [2.45, 2.75) is 52.7 Å². The SMILES string of the molecule is CCCN1C(=O)[C@H](CC(=O)Nc2c(C)cccc2C)SC1=Nc1c(C)cccc1C. The molecule has 2 amide bonds. The molecule has 30 heavy (non-hydrogen) atoms. The van der Waals surface area contributed by atoms with Gasteiger partial charge in [0.15, 0.2) is 5.17 Å². The first-order chi connectivity index (χ1) is 14.3. The number of hydrogen-bond acceptors (Lipinski definition) is 4. The fraction of sp³-hybridized carbons (Fsp3) is 0.375. The van der Waals surface area contributed by atoms with Gasteiger partial charge >= 0.3 is 0 Å². The molecule has 5 nitrogen and oxygen atoms in total. The Morgan fingerprint density at radius 1 is 1.03 bits per heavy atom. The van der Waals surface area contributed by atoms with Gasteiger partial charge in [-0.3, -0.25) is 14.5 Å². The second-order valence-electron chi connectivity index (χ2n) is 7.75. The van der Waals surface area contributed by atoms with Crippen LogP contribution in [0.2, 0.25) is 0 Å². The molecule has 0 spiro atoms. The lowest BCUT2D eigenvalue weighted by Crippen LogP contribution is -2.34. The molecule has 3 rings (SSSR count). The number of nitrogens with one attached hydrogen (secondary N) is 1. The maximum Gasteiger partial charge on any atom is 0.242 e. The molecular weight excluding hydrogens is 394 g/mol. The summed E-state index contributed by atoms with van der Waals surface area (Å²) >= 11 is 1.39. The first kappa shape index (κ1) is 22.1. The van der Waals surface area contributed by atoms with Crippen LogP contribution in [-0.4, -0.2) is 33.7 Å².